The summed E-state index contributed by atoms with van der Waals surface area (Å²) in [5, 5.41) is 0. The number of unbranched alkanes of at least 4 members (excludes halogenated alkanes) is 1. The lowest BCUT2D eigenvalue weighted by Gasteiger charge is -2.01. The molecule has 0 unspecified atom stereocenters. The van der Waals surface area contributed by atoms with E-state index in [-0.39, 0.29) is 6.49 Å². The van der Waals surface area contributed by atoms with Crippen LogP contribution in [-0.4, -0.2) is 29.0 Å². The average Bonchev–Trinajstić information content (AvgIpc) is 1.83. The minimum atomic E-state index is 0.106. The van der Waals surface area contributed by atoms with Crippen LogP contribution in [0.5, 0.6) is 0 Å². The zero-order valence-corrected chi connectivity index (χ0v) is 5.43. The van der Waals surface area contributed by atoms with Crippen LogP contribution in [-0.2, 0) is 0 Å². The van der Waals surface area contributed by atoms with Gasteiger partial charge in [-0.15, -0.1) is 0 Å². The summed E-state index contributed by atoms with van der Waals surface area (Å²) in [6.07, 6.45) is 3.39. The topological polar surface area (TPSA) is 0 Å². The van der Waals surface area contributed by atoms with Gasteiger partial charge in [-0.25, -0.2) is 0 Å². The van der Waals surface area contributed by atoms with Crippen LogP contribution in [0.25, 0.3) is 0 Å². The second-order valence-electron chi connectivity index (χ2n) is 2.00. The number of rotatable bonds is 4. The minimum Gasteiger partial charge on any atom is -0.0903 e. The van der Waals surface area contributed by atoms with Crippen molar-refractivity contribution in [2.45, 2.75) is 26.1 Å². The van der Waals surface area contributed by atoms with Crippen LogP contribution in [0.3, 0.4) is 0 Å². The Kier molecular flexibility index (Phi) is 5.57. The Hall–Kier alpha value is 0.260. The monoisotopic (exact) mass is 101 g/mol. The molecule has 0 N–H and O–H groups in total. The van der Waals surface area contributed by atoms with Gasteiger partial charge in [-0.2, -0.15) is 0 Å². The minimum absolute atomic E-state index is 0.106. The molecule has 0 aromatic carbocycles. The van der Waals surface area contributed by atoms with E-state index in [0.717, 1.165) is 6.32 Å². The highest BCUT2D eigenvalue weighted by Gasteiger charge is 1.98. The standard InChI is InChI=1S/C4H9B4/c1-2-3-4-8(6)7-5/h2-4H2,1H3. The quantitative estimate of drug-likeness (QED) is 0.444. The third kappa shape index (κ3) is 4.42. The van der Waals surface area contributed by atoms with E-state index in [2.05, 4.69) is 6.92 Å². The molecule has 8 heavy (non-hydrogen) atoms. The van der Waals surface area contributed by atoms with E-state index < -0.39 is 0 Å². The first-order valence-electron chi connectivity index (χ1n) is 3.12. The zero-order valence-electron chi connectivity index (χ0n) is 5.43. The van der Waals surface area contributed by atoms with Gasteiger partial charge in [0.05, 0.1) is 0 Å². The van der Waals surface area contributed by atoms with E-state index in [1.54, 1.807) is 7.06 Å². The van der Waals surface area contributed by atoms with Gasteiger partial charge in [0, 0.05) is 29.0 Å². The molecule has 0 spiro atoms. The van der Waals surface area contributed by atoms with Crippen molar-refractivity contribution in [3.05, 3.63) is 0 Å². The van der Waals surface area contributed by atoms with Crippen LogP contribution in [0.2, 0.25) is 6.32 Å². The van der Waals surface area contributed by atoms with Crippen molar-refractivity contribution in [3.8, 4) is 0 Å². The van der Waals surface area contributed by atoms with Crippen molar-refractivity contribution in [2.24, 2.45) is 0 Å². The highest BCUT2D eigenvalue weighted by Crippen LogP contribution is 1.95. The van der Waals surface area contributed by atoms with E-state index >= 15 is 0 Å². The SMILES string of the molecule is [B][B]B([B])CCCC. The maximum atomic E-state index is 5.48. The smallest absolute Gasteiger partial charge is 0.0452 e. The molecule has 0 rings (SSSR count). The van der Waals surface area contributed by atoms with Gasteiger partial charge in [0.15, 0.2) is 0 Å². The van der Waals surface area contributed by atoms with Crippen LogP contribution in [0.1, 0.15) is 19.8 Å². The lowest BCUT2D eigenvalue weighted by molar-refractivity contribution is 0.881. The van der Waals surface area contributed by atoms with Crippen molar-refractivity contribution >= 4 is 29.0 Å². The van der Waals surface area contributed by atoms with Crippen LogP contribution in [0.15, 0.2) is 0 Å². The molecule has 0 heterocycles. The van der Waals surface area contributed by atoms with Crippen LogP contribution < -0.4 is 0 Å². The number of hydrogen-bond donors (Lipinski definition) is 0. The van der Waals surface area contributed by atoms with Crippen LogP contribution in [0, 0.1) is 0 Å². The molecule has 0 amide bonds. The molecule has 0 nitrogen and oxygen atoms in total. The highest BCUT2D eigenvalue weighted by atomic mass is 13.7. The summed E-state index contributed by atoms with van der Waals surface area (Å²) in [6.45, 7) is 2.25. The molecule has 0 saturated carbocycles. The summed E-state index contributed by atoms with van der Waals surface area (Å²) in [4.78, 5) is 0. The third-order valence-electron chi connectivity index (χ3n) is 1.14. The van der Waals surface area contributed by atoms with Gasteiger partial charge in [0.1, 0.15) is 0 Å². The first kappa shape index (κ1) is 8.26. The molecule has 0 fully saturated rings. The van der Waals surface area contributed by atoms with Crippen molar-refractivity contribution in [3.63, 3.8) is 0 Å². The summed E-state index contributed by atoms with van der Waals surface area (Å²) in [5.41, 5.74) is 0. The molecule has 0 bridgehead atoms. The van der Waals surface area contributed by atoms with Crippen molar-refractivity contribution in [2.75, 3.05) is 0 Å². The predicted molar refractivity (Wildman–Crippen MR) is 42.7 cm³/mol. The van der Waals surface area contributed by atoms with Gasteiger partial charge >= 0.3 is 0 Å². The fraction of sp³-hybridized carbons (Fsp3) is 1.00. The predicted octanol–water partition coefficient (Wildman–Crippen LogP) is 0.231. The van der Waals surface area contributed by atoms with Crippen molar-refractivity contribution in [1.82, 2.24) is 0 Å². The summed E-state index contributed by atoms with van der Waals surface area (Å²) < 4.78 is 0. The van der Waals surface area contributed by atoms with Gasteiger partial charge in [-0.1, -0.05) is 26.1 Å². The Morgan fingerprint density at radius 1 is 1.62 bits per heavy atom. The first-order valence-corrected chi connectivity index (χ1v) is 3.12. The Morgan fingerprint density at radius 2 is 2.25 bits per heavy atom. The molecule has 0 saturated heterocycles. The maximum Gasteiger partial charge on any atom is 0.0452 e. The highest BCUT2D eigenvalue weighted by molar-refractivity contribution is 7.46. The van der Waals surface area contributed by atoms with Crippen molar-refractivity contribution < 1.29 is 0 Å². The lowest BCUT2D eigenvalue weighted by atomic mass is 9.04. The largest absolute Gasteiger partial charge is 0.0903 e. The maximum absolute atomic E-state index is 5.48. The van der Waals surface area contributed by atoms with E-state index in [1.165, 1.54) is 12.8 Å². The molecule has 0 aliphatic carbocycles. The molecule has 0 aliphatic heterocycles. The molecule has 0 aromatic rings. The third-order valence-corrected chi connectivity index (χ3v) is 1.14. The van der Waals surface area contributed by atoms with Gasteiger partial charge in [-0.3, -0.25) is 0 Å². The molecular formula is C4H9B4. The van der Waals surface area contributed by atoms with E-state index in [0.29, 0.717) is 0 Å². The van der Waals surface area contributed by atoms with E-state index in [1.807, 2.05) is 0 Å². The summed E-state index contributed by atoms with van der Waals surface area (Å²) in [7, 11) is 12.2. The van der Waals surface area contributed by atoms with Gasteiger partial charge in [0.25, 0.3) is 0 Å². The van der Waals surface area contributed by atoms with E-state index in [9.17, 15) is 0 Å². The molecule has 0 aromatic heterocycles. The summed E-state index contributed by atoms with van der Waals surface area (Å²) in [6, 6.07) is 0. The fourth-order valence-electron chi connectivity index (χ4n) is 0.536. The summed E-state index contributed by atoms with van der Waals surface area (Å²) >= 11 is 0. The lowest BCUT2D eigenvalue weighted by Crippen LogP contribution is -2.22. The molecule has 37 valence electrons. The second kappa shape index (κ2) is 5.40. The van der Waals surface area contributed by atoms with Crippen LogP contribution >= 0.6 is 0 Å². The molecule has 0 aliphatic rings. The van der Waals surface area contributed by atoms with Gasteiger partial charge < -0.3 is 0 Å². The average molecular weight is 100 g/mol. The fourth-order valence-corrected chi connectivity index (χ4v) is 0.536. The zero-order chi connectivity index (χ0) is 6.41. The van der Waals surface area contributed by atoms with Gasteiger partial charge in [0.2, 0.25) is 0 Å². The normalized spacial score (nSPS) is 8.62. The van der Waals surface area contributed by atoms with Gasteiger partial charge in [-0.05, 0) is 0 Å². The first-order chi connectivity index (χ1) is 3.81. The number of hydrogen-bond acceptors (Lipinski definition) is 0. The Morgan fingerprint density at radius 3 is 2.62 bits per heavy atom. The second-order valence-corrected chi connectivity index (χ2v) is 2.00. The van der Waals surface area contributed by atoms with Crippen LogP contribution in [0.4, 0.5) is 0 Å². The molecule has 0 atom stereocenters. The van der Waals surface area contributed by atoms with Crippen molar-refractivity contribution in [1.29, 1.82) is 0 Å². The summed E-state index contributed by atoms with van der Waals surface area (Å²) in [5.74, 6) is 0. The molecular weight excluding hydrogens is 91.3 g/mol. The Balaban J connectivity index is 2.86. The Labute approximate surface area is 55.9 Å². The Bertz CT molecular complexity index is 47.3. The molecule has 5 radical (unpaired) electrons. The van der Waals surface area contributed by atoms with E-state index in [4.69, 9.17) is 15.5 Å². The molecule has 4 heteroatoms.